The number of carbonyl (C=O) groups is 1. The monoisotopic (exact) mass is 181 g/mol. The molecule has 0 aromatic rings. The Labute approximate surface area is 78.5 Å². The molecule has 0 spiro atoms. The van der Waals surface area contributed by atoms with Crippen LogP contribution >= 0.6 is 0 Å². The second-order valence-corrected chi connectivity index (χ2v) is 4.01. The molecule has 1 atom stereocenters. The molecule has 0 bridgehead atoms. The summed E-state index contributed by atoms with van der Waals surface area (Å²) in [5.41, 5.74) is -0.423. The van der Waals surface area contributed by atoms with Crippen molar-refractivity contribution >= 4 is 12.2 Å². The van der Waals surface area contributed by atoms with E-state index >= 15 is 0 Å². The molecule has 0 aromatic carbocycles. The summed E-state index contributed by atoms with van der Waals surface area (Å²) < 4.78 is 5.19. The number of allylic oxidation sites excluding steroid dienone is 1. The molecule has 0 N–H and O–H groups in total. The Balaban J connectivity index is 2.49. The number of carbonyl (C=O) groups excluding carboxylic acids is 1. The summed E-state index contributed by atoms with van der Waals surface area (Å²) in [6.45, 7) is 5.56. The first-order valence-corrected chi connectivity index (χ1v) is 4.40. The molecule has 0 aromatic heterocycles. The van der Waals surface area contributed by atoms with E-state index in [9.17, 15) is 4.79 Å². The van der Waals surface area contributed by atoms with E-state index in [1.807, 2.05) is 32.9 Å². The van der Waals surface area contributed by atoms with Crippen molar-refractivity contribution in [2.24, 2.45) is 4.99 Å². The van der Waals surface area contributed by atoms with Crippen LogP contribution in [0.1, 0.15) is 27.2 Å². The second-order valence-electron chi connectivity index (χ2n) is 4.01. The number of aliphatic imine (C=N–C) groups is 1. The van der Waals surface area contributed by atoms with Gasteiger partial charge in [-0.3, -0.25) is 4.99 Å². The zero-order chi connectivity index (χ0) is 9.90. The van der Waals surface area contributed by atoms with E-state index in [1.54, 1.807) is 6.21 Å². The molecular weight excluding hydrogens is 166 g/mol. The molecule has 1 aliphatic heterocycles. The lowest BCUT2D eigenvalue weighted by Gasteiger charge is -2.22. The third-order valence-electron chi connectivity index (χ3n) is 1.53. The van der Waals surface area contributed by atoms with Gasteiger partial charge in [0.15, 0.2) is 6.04 Å². The average molecular weight is 181 g/mol. The van der Waals surface area contributed by atoms with Crippen LogP contribution in [0.5, 0.6) is 0 Å². The van der Waals surface area contributed by atoms with E-state index in [1.165, 1.54) is 0 Å². The Morgan fingerprint density at radius 3 is 2.69 bits per heavy atom. The maximum Gasteiger partial charge on any atom is 0.331 e. The summed E-state index contributed by atoms with van der Waals surface area (Å²) in [6, 6.07) is -0.343. The number of hydrogen-bond acceptors (Lipinski definition) is 3. The van der Waals surface area contributed by atoms with Gasteiger partial charge in [-0.2, -0.15) is 0 Å². The van der Waals surface area contributed by atoms with E-state index in [-0.39, 0.29) is 12.0 Å². The van der Waals surface area contributed by atoms with Gasteiger partial charge >= 0.3 is 5.97 Å². The second kappa shape index (κ2) is 3.73. The Morgan fingerprint density at radius 2 is 2.23 bits per heavy atom. The number of nitrogens with zero attached hydrogens (tertiary/aromatic N) is 1. The molecule has 0 saturated heterocycles. The minimum absolute atomic E-state index is 0.242. The molecule has 13 heavy (non-hydrogen) atoms. The largest absolute Gasteiger partial charge is 0.458 e. The highest BCUT2D eigenvalue weighted by molar-refractivity contribution is 5.82. The average Bonchev–Trinajstić information content (AvgIpc) is 2.03. The zero-order valence-electron chi connectivity index (χ0n) is 8.28. The van der Waals surface area contributed by atoms with Gasteiger partial charge in [-0.15, -0.1) is 0 Å². The van der Waals surface area contributed by atoms with Crippen LogP contribution in [0.25, 0.3) is 0 Å². The molecule has 3 nitrogen and oxygen atoms in total. The summed E-state index contributed by atoms with van der Waals surface area (Å²) in [5.74, 6) is -0.242. The molecule has 1 heterocycles. The SMILES string of the molecule is CC(C)(C)OC(=O)C1CC=CC=N1. The molecule has 0 amide bonds. The van der Waals surface area contributed by atoms with Crippen molar-refractivity contribution in [2.45, 2.75) is 38.8 Å². The van der Waals surface area contributed by atoms with E-state index in [0.717, 1.165) is 0 Å². The van der Waals surface area contributed by atoms with E-state index in [0.29, 0.717) is 6.42 Å². The predicted molar refractivity (Wildman–Crippen MR) is 51.9 cm³/mol. The van der Waals surface area contributed by atoms with Crippen LogP contribution in [0.3, 0.4) is 0 Å². The zero-order valence-corrected chi connectivity index (χ0v) is 8.28. The highest BCUT2D eigenvalue weighted by Crippen LogP contribution is 2.12. The van der Waals surface area contributed by atoms with Crippen LogP contribution in [0, 0.1) is 0 Å². The first kappa shape index (κ1) is 9.96. The molecule has 1 rings (SSSR count). The highest BCUT2D eigenvalue weighted by Gasteiger charge is 2.23. The maximum absolute atomic E-state index is 11.4. The minimum atomic E-state index is -0.423. The van der Waals surface area contributed by atoms with Gasteiger partial charge in [0.1, 0.15) is 5.60 Å². The van der Waals surface area contributed by atoms with Crippen LogP contribution in [0.15, 0.2) is 17.1 Å². The van der Waals surface area contributed by atoms with E-state index < -0.39 is 5.60 Å². The number of ether oxygens (including phenoxy) is 1. The Bertz CT molecular complexity index is 248. The number of dihydropyridines is 1. The van der Waals surface area contributed by atoms with Crippen LogP contribution in [-0.4, -0.2) is 23.8 Å². The lowest BCUT2D eigenvalue weighted by atomic mass is 10.1. The Hall–Kier alpha value is -1.12. The van der Waals surface area contributed by atoms with Crippen LogP contribution < -0.4 is 0 Å². The van der Waals surface area contributed by atoms with Crippen molar-refractivity contribution in [3.8, 4) is 0 Å². The standard InChI is InChI=1S/C10H15NO2/c1-10(2,3)13-9(12)8-6-4-5-7-11-8/h4-5,7-8H,6H2,1-3H3. The smallest absolute Gasteiger partial charge is 0.331 e. The fourth-order valence-corrected chi connectivity index (χ4v) is 1.01. The van der Waals surface area contributed by atoms with Crippen LogP contribution in [-0.2, 0) is 9.53 Å². The molecule has 0 saturated carbocycles. The minimum Gasteiger partial charge on any atom is -0.458 e. The first-order valence-electron chi connectivity index (χ1n) is 4.40. The molecule has 0 fully saturated rings. The van der Waals surface area contributed by atoms with Crippen molar-refractivity contribution in [3.05, 3.63) is 12.2 Å². The van der Waals surface area contributed by atoms with Crippen molar-refractivity contribution < 1.29 is 9.53 Å². The van der Waals surface area contributed by atoms with Crippen molar-refractivity contribution in [1.82, 2.24) is 0 Å². The first-order chi connectivity index (χ1) is 5.99. The topological polar surface area (TPSA) is 38.7 Å². The molecule has 0 aliphatic carbocycles. The van der Waals surface area contributed by atoms with Crippen LogP contribution in [0.2, 0.25) is 0 Å². The molecular formula is C10H15NO2. The lowest BCUT2D eigenvalue weighted by molar-refractivity contribution is -0.156. The van der Waals surface area contributed by atoms with Crippen molar-refractivity contribution in [1.29, 1.82) is 0 Å². The van der Waals surface area contributed by atoms with Crippen LogP contribution in [0.4, 0.5) is 0 Å². The summed E-state index contributed by atoms with van der Waals surface area (Å²) in [6.07, 6.45) is 6.03. The van der Waals surface area contributed by atoms with Crippen molar-refractivity contribution in [3.63, 3.8) is 0 Å². The maximum atomic E-state index is 11.4. The summed E-state index contributed by atoms with van der Waals surface area (Å²) >= 11 is 0. The third kappa shape index (κ3) is 3.40. The van der Waals surface area contributed by atoms with Gasteiger partial charge in [-0.25, -0.2) is 4.79 Å². The number of rotatable bonds is 1. The summed E-state index contributed by atoms with van der Waals surface area (Å²) in [7, 11) is 0. The summed E-state index contributed by atoms with van der Waals surface area (Å²) in [5, 5.41) is 0. The molecule has 1 aliphatic rings. The van der Waals surface area contributed by atoms with Gasteiger partial charge in [0, 0.05) is 6.21 Å². The molecule has 1 unspecified atom stereocenters. The fourth-order valence-electron chi connectivity index (χ4n) is 1.01. The Morgan fingerprint density at radius 1 is 1.54 bits per heavy atom. The molecule has 72 valence electrons. The quantitative estimate of drug-likeness (QED) is 0.578. The fraction of sp³-hybridized carbons (Fsp3) is 0.600. The number of hydrogen-bond donors (Lipinski definition) is 0. The Kier molecular flexibility index (Phi) is 2.86. The number of esters is 1. The van der Waals surface area contributed by atoms with Gasteiger partial charge < -0.3 is 4.74 Å². The summed E-state index contributed by atoms with van der Waals surface area (Å²) in [4.78, 5) is 15.5. The highest BCUT2D eigenvalue weighted by atomic mass is 16.6. The van der Waals surface area contributed by atoms with Gasteiger partial charge in [0.05, 0.1) is 0 Å². The van der Waals surface area contributed by atoms with Gasteiger partial charge in [-0.1, -0.05) is 6.08 Å². The molecule has 0 radical (unpaired) electrons. The predicted octanol–water partition coefficient (Wildman–Crippen LogP) is 1.73. The third-order valence-corrected chi connectivity index (χ3v) is 1.53. The van der Waals surface area contributed by atoms with Crippen molar-refractivity contribution in [2.75, 3.05) is 0 Å². The van der Waals surface area contributed by atoms with Gasteiger partial charge in [-0.05, 0) is 33.3 Å². The lowest BCUT2D eigenvalue weighted by Crippen LogP contribution is -2.31. The van der Waals surface area contributed by atoms with E-state index in [4.69, 9.17) is 4.74 Å². The molecule has 3 heteroatoms. The van der Waals surface area contributed by atoms with Gasteiger partial charge in [0.25, 0.3) is 0 Å². The van der Waals surface area contributed by atoms with E-state index in [2.05, 4.69) is 4.99 Å². The van der Waals surface area contributed by atoms with Gasteiger partial charge in [0.2, 0.25) is 0 Å². The normalized spacial score (nSPS) is 21.6.